The quantitative estimate of drug-likeness (QED) is 0.619. The summed E-state index contributed by atoms with van der Waals surface area (Å²) in [6.45, 7) is 0. The van der Waals surface area contributed by atoms with Crippen LogP contribution >= 0.6 is 0 Å². The summed E-state index contributed by atoms with van der Waals surface area (Å²) in [5.74, 6) is -0.913. The van der Waals surface area contributed by atoms with Crippen molar-refractivity contribution < 1.29 is 14.7 Å². The van der Waals surface area contributed by atoms with E-state index < -0.39 is 5.97 Å². The Labute approximate surface area is 62.9 Å². The molecule has 0 aliphatic rings. The van der Waals surface area contributed by atoms with Gasteiger partial charge in [-0.15, -0.1) is 0 Å². The lowest BCUT2D eigenvalue weighted by Gasteiger charge is -1.87. The Bertz CT molecular complexity index is 277. The lowest BCUT2D eigenvalue weighted by Crippen LogP contribution is -1.99. The average molecular weight is 153 g/mol. The van der Waals surface area contributed by atoms with Crippen molar-refractivity contribution in [3.05, 3.63) is 23.5 Å². The number of rotatable bonds is 3. The summed E-state index contributed by atoms with van der Waals surface area (Å²) in [4.78, 5) is 23.0. The van der Waals surface area contributed by atoms with Crippen molar-refractivity contribution in [3.8, 4) is 0 Å². The van der Waals surface area contributed by atoms with E-state index in [9.17, 15) is 9.59 Å². The van der Waals surface area contributed by atoms with Crippen LogP contribution in [0.3, 0.4) is 0 Å². The number of carbonyl (C=O) groups excluding carboxylic acids is 1. The van der Waals surface area contributed by atoms with E-state index in [0.717, 1.165) is 0 Å². The highest BCUT2D eigenvalue weighted by Crippen LogP contribution is 2.00. The van der Waals surface area contributed by atoms with E-state index in [1.165, 1.54) is 12.3 Å². The molecule has 1 aromatic rings. The van der Waals surface area contributed by atoms with E-state index in [-0.39, 0.29) is 6.42 Å². The molecular formula is C7H7NO3. The molecule has 0 spiro atoms. The van der Waals surface area contributed by atoms with Crippen LogP contribution in [0.25, 0.3) is 0 Å². The van der Waals surface area contributed by atoms with Gasteiger partial charge in [0.25, 0.3) is 0 Å². The predicted octanol–water partition coefficient (Wildman–Crippen LogP) is 0.454. The molecule has 0 aliphatic heterocycles. The third-order valence-electron chi connectivity index (χ3n) is 1.24. The second-order valence-electron chi connectivity index (χ2n) is 2.15. The molecule has 1 heterocycles. The molecule has 0 aliphatic carbocycles. The van der Waals surface area contributed by atoms with E-state index in [2.05, 4.69) is 4.98 Å². The van der Waals surface area contributed by atoms with Crippen molar-refractivity contribution in [3.63, 3.8) is 0 Å². The molecule has 0 saturated carbocycles. The van der Waals surface area contributed by atoms with Crippen molar-refractivity contribution in [2.75, 3.05) is 0 Å². The van der Waals surface area contributed by atoms with Crippen molar-refractivity contribution in [1.29, 1.82) is 0 Å². The molecule has 0 amide bonds. The van der Waals surface area contributed by atoms with Gasteiger partial charge in [0.15, 0.2) is 6.29 Å². The van der Waals surface area contributed by atoms with Crippen LogP contribution in [0.15, 0.2) is 12.3 Å². The SMILES string of the molecule is O=Cc1c[nH]c(CC(=O)O)c1. The molecule has 0 unspecified atom stereocenters. The van der Waals surface area contributed by atoms with Gasteiger partial charge >= 0.3 is 5.97 Å². The highest BCUT2D eigenvalue weighted by Gasteiger charge is 2.02. The summed E-state index contributed by atoms with van der Waals surface area (Å²) in [6.07, 6.45) is 2.07. The number of carbonyl (C=O) groups is 2. The molecule has 0 bridgehead atoms. The number of aromatic nitrogens is 1. The van der Waals surface area contributed by atoms with E-state index in [1.807, 2.05) is 0 Å². The van der Waals surface area contributed by atoms with Gasteiger partial charge in [0.05, 0.1) is 6.42 Å². The minimum Gasteiger partial charge on any atom is -0.481 e. The Morgan fingerprint density at radius 3 is 2.91 bits per heavy atom. The molecular weight excluding hydrogens is 146 g/mol. The molecule has 2 N–H and O–H groups in total. The summed E-state index contributed by atoms with van der Waals surface area (Å²) in [5.41, 5.74) is 1.01. The van der Waals surface area contributed by atoms with Gasteiger partial charge in [0.1, 0.15) is 0 Å². The van der Waals surface area contributed by atoms with Crippen LogP contribution in [-0.2, 0) is 11.2 Å². The number of aldehydes is 1. The summed E-state index contributed by atoms with van der Waals surface area (Å²) in [5, 5.41) is 8.34. The Morgan fingerprint density at radius 1 is 1.73 bits per heavy atom. The molecule has 1 aromatic heterocycles. The first kappa shape index (κ1) is 7.53. The van der Waals surface area contributed by atoms with Crippen LogP contribution in [0, 0.1) is 0 Å². The number of aliphatic carboxylic acids is 1. The Hall–Kier alpha value is -1.58. The van der Waals surface area contributed by atoms with Crippen LogP contribution in [0.5, 0.6) is 0 Å². The van der Waals surface area contributed by atoms with Crippen molar-refractivity contribution in [2.24, 2.45) is 0 Å². The molecule has 4 nitrogen and oxygen atoms in total. The highest BCUT2D eigenvalue weighted by molar-refractivity contribution is 5.76. The maximum Gasteiger partial charge on any atom is 0.309 e. The zero-order valence-corrected chi connectivity index (χ0v) is 5.70. The molecule has 0 aromatic carbocycles. The normalized spacial score (nSPS) is 9.45. The van der Waals surface area contributed by atoms with Crippen molar-refractivity contribution in [2.45, 2.75) is 6.42 Å². The van der Waals surface area contributed by atoms with Gasteiger partial charge in [0, 0.05) is 17.5 Å². The van der Waals surface area contributed by atoms with Crippen LogP contribution in [0.4, 0.5) is 0 Å². The Morgan fingerprint density at radius 2 is 2.45 bits per heavy atom. The zero-order valence-electron chi connectivity index (χ0n) is 5.70. The first-order valence-electron chi connectivity index (χ1n) is 3.06. The zero-order chi connectivity index (χ0) is 8.27. The van der Waals surface area contributed by atoms with E-state index >= 15 is 0 Å². The smallest absolute Gasteiger partial charge is 0.309 e. The van der Waals surface area contributed by atoms with Gasteiger partial charge < -0.3 is 10.1 Å². The van der Waals surface area contributed by atoms with Crippen LogP contribution in [0.2, 0.25) is 0 Å². The van der Waals surface area contributed by atoms with Gasteiger partial charge in [0.2, 0.25) is 0 Å². The molecule has 0 saturated heterocycles. The average Bonchev–Trinajstić information content (AvgIpc) is 2.34. The predicted molar refractivity (Wildman–Crippen MR) is 37.5 cm³/mol. The number of carboxylic acid groups (broad SMARTS) is 1. The molecule has 11 heavy (non-hydrogen) atoms. The third kappa shape index (κ3) is 1.93. The van der Waals surface area contributed by atoms with Gasteiger partial charge in [-0.3, -0.25) is 9.59 Å². The molecule has 0 radical (unpaired) electrons. The fourth-order valence-corrected chi connectivity index (χ4v) is 0.794. The summed E-state index contributed by atoms with van der Waals surface area (Å²) >= 11 is 0. The van der Waals surface area contributed by atoms with E-state index in [4.69, 9.17) is 5.11 Å². The first-order valence-corrected chi connectivity index (χ1v) is 3.06. The fraction of sp³-hybridized carbons (Fsp3) is 0.143. The minimum absolute atomic E-state index is 0.0756. The lowest BCUT2D eigenvalue weighted by molar-refractivity contribution is -0.136. The van der Waals surface area contributed by atoms with Crippen LogP contribution < -0.4 is 0 Å². The summed E-state index contributed by atoms with van der Waals surface area (Å²) in [6, 6.07) is 1.52. The number of aromatic amines is 1. The molecule has 1 rings (SSSR count). The number of hydrogen-bond donors (Lipinski definition) is 2. The van der Waals surface area contributed by atoms with Gasteiger partial charge in [-0.25, -0.2) is 0 Å². The van der Waals surface area contributed by atoms with Gasteiger partial charge in [-0.2, -0.15) is 0 Å². The van der Waals surface area contributed by atoms with Gasteiger partial charge in [-0.05, 0) is 6.07 Å². The van der Waals surface area contributed by atoms with E-state index in [0.29, 0.717) is 17.5 Å². The number of hydrogen-bond acceptors (Lipinski definition) is 2. The highest BCUT2D eigenvalue weighted by atomic mass is 16.4. The van der Waals surface area contributed by atoms with E-state index in [1.54, 1.807) is 0 Å². The molecule has 0 fully saturated rings. The number of carboxylic acids is 1. The monoisotopic (exact) mass is 153 g/mol. The molecule has 4 heteroatoms. The van der Waals surface area contributed by atoms with Crippen LogP contribution in [0.1, 0.15) is 16.1 Å². The standard InChI is InChI=1S/C7H7NO3/c9-4-5-1-6(8-3-5)2-7(10)11/h1,3-4,8H,2H2,(H,10,11). The third-order valence-corrected chi connectivity index (χ3v) is 1.24. The van der Waals surface area contributed by atoms with Crippen molar-refractivity contribution >= 4 is 12.3 Å². The fourth-order valence-electron chi connectivity index (χ4n) is 0.794. The summed E-state index contributed by atoms with van der Waals surface area (Å²) in [7, 11) is 0. The minimum atomic E-state index is -0.913. The second kappa shape index (κ2) is 3.01. The Balaban J connectivity index is 2.72. The maximum atomic E-state index is 10.2. The first-order chi connectivity index (χ1) is 5.22. The van der Waals surface area contributed by atoms with Crippen LogP contribution in [-0.4, -0.2) is 22.3 Å². The Kier molecular flexibility index (Phi) is 2.06. The number of H-pyrrole nitrogens is 1. The maximum absolute atomic E-state index is 10.2. The largest absolute Gasteiger partial charge is 0.481 e. The molecule has 58 valence electrons. The summed E-state index contributed by atoms with van der Waals surface area (Å²) < 4.78 is 0. The van der Waals surface area contributed by atoms with Crippen molar-refractivity contribution in [1.82, 2.24) is 4.98 Å². The number of nitrogens with one attached hydrogen (secondary N) is 1. The topological polar surface area (TPSA) is 70.2 Å². The van der Waals surface area contributed by atoms with Gasteiger partial charge in [-0.1, -0.05) is 0 Å². The molecule has 0 atom stereocenters. The second-order valence-corrected chi connectivity index (χ2v) is 2.15. The lowest BCUT2D eigenvalue weighted by atomic mass is 10.3.